The van der Waals surface area contributed by atoms with E-state index in [1.54, 1.807) is 26.4 Å². The molecule has 0 fully saturated rings. The van der Waals surface area contributed by atoms with Crippen molar-refractivity contribution in [1.29, 1.82) is 0 Å². The van der Waals surface area contributed by atoms with E-state index in [9.17, 15) is 4.79 Å². The number of nitrogens with zero attached hydrogens (tertiary/aromatic N) is 1. The maximum Gasteiger partial charge on any atom is 0.273 e. The first-order valence-electron chi connectivity index (χ1n) is 7.76. The van der Waals surface area contributed by atoms with Crippen LogP contribution in [0.15, 0.2) is 48.5 Å². The number of nitrogens with one attached hydrogen (secondary N) is 2. The molecule has 0 saturated carbocycles. The third-order valence-corrected chi connectivity index (χ3v) is 3.78. The lowest BCUT2D eigenvalue weighted by molar-refractivity contribution is 0.102. The predicted octanol–water partition coefficient (Wildman–Crippen LogP) is 3.65. The van der Waals surface area contributed by atoms with E-state index >= 15 is 0 Å². The SMILES string of the molecule is COc1ccc(-c2cc(C(=O)Nc3cccc(C)c3)[nH]n2)c(OC)c1. The van der Waals surface area contributed by atoms with Crippen LogP contribution in [0.1, 0.15) is 16.1 Å². The van der Waals surface area contributed by atoms with Gasteiger partial charge in [0.05, 0.1) is 19.9 Å². The molecule has 0 atom stereocenters. The fourth-order valence-electron chi connectivity index (χ4n) is 2.51. The summed E-state index contributed by atoms with van der Waals surface area (Å²) < 4.78 is 10.6. The molecule has 2 N–H and O–H groups in total. The lowest BCUT2D eigenvalue weighted by atomic mass is 10.1. The van der Waals surface area contributed by atoms with Gasteiger partial charge in [-0.05, 0) is 42.8 Å². The van der Waals surface area contributed by atoms with Crippen LogP contribution in [-0.4, -0.2) is 30.3 Å². The minimum atomic E-state index is -0.253. The number of aryl methyl sites for hydroxylation is 1. The number of hydrogen-bond donors (Lipinski definition) is 2. The molecule has 1 heterocycles. The lowest BCUT2D eigenvalue weighted by Crippen LogP contribution is -2.12. The third-order valence-electron chi connectivity index (χ3n) is 3.78. The average Bonchev–Trinajstić information content (AvgIpc) is 3.11. The summed E-state index contributed by atoms with van der Waals surface area (Å²) in [5.41, 5.74) is 3.58. The van der Waals surface area contributed by atoms with Gasteiger partial charge in [0.15, 0.2) is 0 Å². The van der Waals surface area contributed by atoms with Crippen molar-refractivity contribution < 1.29 is 14.3 Å². The van der Waals surface area contributed by atoms with Crippen LogP contribution in [0.2, 0.25) is 0 Å². The number of hydrogen-bond acceptors (Lipinski definition) is 4. The van der Waals surface area contributed by atoms with Crippen LogP contribution in [-0.2, 0) is 0 Å². The van der Waals surface area contributed by atoms with E-state index < -0.39 is 0 Å². The van der Waals surface area contributed by atoms with E-state index in [0.29, 0.717) is 22.9 Å². The van der Waals surface area contributed by atoms with Crippen LogP contribution in [0, 0.1) is 6.92 Å². The van der Waals surface area contributed by atoms with Crippen LogP contribution in [0.25, 0.3) is 11.3 Å². The van der Waals surface area contributed by atoms with Crippen molar-refractivity contribution in [3.8, 4) is 22.8 Å². The molecule has 25 heavy (non-hydrogen) atoms. The van der Waals surface area contributed by atoms with Gasteiger partial charge in [0, 0.05) is 17.3 Å². The van der Waals surface area contributed by atoms with Gasteiger partial charge >= 0.3 is 0 Å². The number of carbonyl (C=O) groups is 1. The predicted molar refractivity (Wildman–Crippen MR) is 96.3 cm³/mol. The Morgan fingerprint density at radius 1 is 1.08 bits per heavy atom. The van der Waals surface area contributed by atoms with Gasteiger partial charge in [0.25, 0.3) is 5.91 Å². The van der Waals surface area contributed by atoms with Crippen LogP contribution < -0.4 is 14.8 Å². The molecule has 0 saturated heterocycles. The highest BCUT2D eigenvalue weighted by Gasteiger charge is 2.15. The zero-order valence-electron chi connectivity index (χ0n) is 14.3. The first kappa shape index (κ1) is 16.6. The number of ether oxygens (including phenoxy) is 2. The van der Waals surface area contributed by atoms with Crippen molar-refractivity contribution in [2.24, 2.45) is 0 Å². The molecule has 0 aliphatic carbocycles. The number of rotatable bonds is 5. The highest BCUT2D eigenvalue weighted by Crippen LogP contribution is 2.32. The molecule has 1 amide bonds. The first-order valence-corrected chi connectivity index (χ1v) is 7.76. The second-order valence-corrected chi connectivity index (χ2v) is 5.56. The average molecular weight is 337 g/mol. The summed E-state index contributed by atoms with van der Waals surface area (Å²) in [5, 5.41) is 9.84. The molecule has 1 aromatic heterocycles. The van der Waals surface area contributed by atoms with Crippen LogP contribution in [0.3, 0.4) is 0 Å². The number of aromatic nitrogens is 2. The molecule has 2 aromatic carbocycles. The maximum absolute atomic E-state index is 12.4. The Bertz CT molecular complexity index is 902. The maximum atomic E-state index is 12.4. The van der Waals surface area contributed by atoms with Crippen molar-refractivity contribution in [3.63, 3.8) is 0 Å². The van der Waals surface area contributed by atoms with Crippen molar-refractivity contribution in [3.05, 3.63) is 59.8 Å². The number of carbonyl (C=O) groups excluding carboxylic acids is 1. The lowest BCUT2D eigenvalue weighted by Gasteiger charge is -2.08. The Kier molecular flexibility index (Phi) is 4.70. The molecule has 3 rings (SSSR count). The van der Waals surface area contributed by atoms with Crippen LogP contribution >= 0.6 is 0 Å². The molecular weight excluding hydrogens is 318 g/mol. The molecule has 0 radical (unpaired) electrons. The van der Waals surface area contributed by atoms with Crippen molar-refractivity contribution in [2.75, 3.05) is 19.5 Å². The summed E-state index contributed by atoms with van der Waals surface area (Å²) in [7, 11) is 3.17. The Labute approximate surface area is 145 Å². The monoisotopic (exact) mass is 337 g/mol. The van der Waals surface area contributed by atoms with Crippen molar-refractivity contribution in [2.45, 2.75) is 6.92 Å². The third kappa shape index (κ3) is 3.63. The Morgan fingerprint density at radius 2 is 1.92 bits per heavy atom. The minimum absolute atomic E-state index is 0.253. The minimum Gasteiger partial charge on any atom is -0.497 e. The summed E-state index contributed by atoms with van der Waals surface area (Å²) in [4.78, 5) is 12.4. The standard InChI is InChI=1S/C19H19N3O3/c1-12-5-4-6-13(9-12)20-19(23)17-11-16(21-22-17)15-8-7-14(24-2)10-18(15)25-3/h4-11H,1-3H3,(H,20,23)(H,21,22). The van der Waals surface area contributed by atoms with Gasteiger partial charge in [-0.3, -0.25) is 9.89 Å². The summed E-state index contributed by atoms with van der Waals surface area (Å²) >= 11 is 0. The van der Waals surface area contributed by atoms with Gasteiger partial charge in [-0.1, -0.05) is 12.1 Å². The normalized spacial score (nSPS) is 10.4. The molecule has 3 aromatic rings. The van der Waals surface area contributed by atoms with Gasteiger partial charge < -0.3 is 14.8 Å². The Hall–Kier alpha value is -3.28. The van der Waals surface area contributed by atoms with Gasteiger partial charge in [-0.25, -0.2) is 0 Å². The number of anilines is 1. The molecule has 6 nitrogen and oxygen atoms in total. The Morgan fingerprint density at radius 3 is 2.64 bits per heavy atom. The summed E-state index contributed by atoms with van der Waals surface area (Å²) in [5.74, 6) is 1.06. The molecule has 0 spiro atoms. The molecule has 0 aliphatic heterocycles. The summed E-state index contributed by atoms with van der Waals surface area (Å²) in [6.07, 6.45) is 0. The second-order valence-electron chi connectivity index (χ2n) is 5.56. The molecule has 6 heteroatoms. The van der Waals surface area contributed by atoms with E-state index in [1.807, 2.05) is 43.3 Å². The molecular formula is C19H19N3O3. The smallest absolute Gasteiger partial charge is 0.273 e. The fourth-order valence-corrected chi connectivity index (χ4v) is 2.51. The fraction of sp³-hybridized carbons (Fsp3) is 0.158. The molecule has 0 bridgehead atoms. The number of aromatic amines is 1. The number of methoxy groups -OCH3 is 2. The van der Waals surface area contributed by atoms with Crippen molar-refractivity contribution >= 4 is 11.6 Å². The summed E-state index contributed by atoms with van der Waals surface area (Å²) in [6.45, 7) is 1.97. The first-order chi connectivity index (χ1) is 12.1. The quantitative estimate of drug-likeness (QED) is 0.745. The van der Waals surface area contributed by atoms with E-state index in [-0.39, 0.29) is 5.91 Å². The van der Waals surface area contributed by atoms with Gasteiger partial charge in [-0.15, -0.1) is 0 Å². The van der Waals surface area contributed by atoms with Gasteiger partial charge in [-0.2, -0.15) is 5.10 Å². The van der Waals surface area contributed by atoms with E-state index in [2.05, 4.69) is 15.5 Å². The van der Waals surface area contributed by atoms with Crippen molar-refractivity contribution in [1.82, 2.24) is 10.2 Å². The number of H-pyrrole nitrogens is 1. The van der Waals surface area contributed by atoms with Gasteiger partial charge in [0.2, 0.25) is 0 Å². The zero-order valence-corrected chi connectivity index (χ0v) is 14.3. The van der Waals surface area contributed by atoms with E-state index in [1.165, 1.54) is 0 Å². The highest BCUT2D eigenvalue weighted by atomic mass is 16.5. The van der Waals surface area contributed by atoms with Gasteiger partial charge in [0.1, 0.15) is 17.2 Å². The van der Waals surface area contributed by atoms with E-state index in [0.717, 1.165) is 16.8 Å². The van der Waals surface area contributed by atoms with Crippen LogP contribution in [0.5, 0.6) is 11.5 Å². The topological polar surface area (TPSA) is 76.2 Å². The molecule has 0 aliphatic rings. The highest BCUT2D eigenvalue weighted by molar-refractivity contribution is 6.03. The number of amides is 1. The second kappa shape index (κ2) is 7.09. The molecule has 0 unspecified atom stereocenters. The summed E-state index contributed by atoms with van der Waals surface area (Å²) in [6, 6.07) is 14.7. The number of benzene rings is 2. The van der Waals surface area contributed by atoms with E-state index in [4.69, 9.17) is 9.47 Å². The largest absolute Gasteiger partial charge is 0.497 e. The Balaban J connectivity index is 1.84. The van der Waals surface area contributed by atoms with Crippen LogP contribution in [0.4, 0.5) is 5.69 Å². The molecule has 128 valence electrons. The zero-order chi connectivity index (χ0) is 17.8.